The third-order valence-corrected chi connectivity index (χ3v) is 12.1. The van der Waals surface area contributed by atoms with Crippen LogP contribution in [0.4, 0.5) is 0 Å². The van der Waals surface area contributed by atoms with Gasteiger partial charge in [0.1, 0.15) is 5.72 Å². The number of fused-ring (bicyclic) bond motifs is 7. The molecule has 170 valence electrons. The number of hydrogen-bond donors (Lipinski definition) is 2. The van der Waals surface area contributed by atoms with Crippen LogP contribution in [0.25, 0.3) is 0 Å². The number of aliphatic hydroxyl groups is 1. The van der Waals surface area contributed by atoms with Gasteiger partial charge in [0.2, 0.25) is 0 Å². The Morgan fingerprint density at radius 3 is 2.43 bits per heavy atom. The minimum Gasteiger partial charge on any atom is -0.393 e. The second kappa shape index (κ2) is 6.70. The summed E-state index contributed by atoms with van der Waals surface area (Å²) in [6.07, 6.45) is 13.2. The van der Waals surface area contributed by atoms with Crippen LogP contribution in [0, 0.1) is 52.3 Å². The molecule has 0 amide bonds. The van der Waals surface area contributed by atoms with Crippen molar-refractivity contribution in [2.24, 2.45) is 52.3 Å². The van der Waals surface area contributed by atoms with E-state index < -0.39 is 0 Å². The molecule has 0 radical (unpaired) electrons. The summed E-state index contributed by atoms with van der Waals surface area (Å²) in [5.41, 5.74) is 0.919. The molecule has 3 nitrogen and oxygen atoms in total. The number of aliphatic hydroxyl groups excluding tert-OH is 1. The van der Waals surface area contributed by atoms with Crippen LogP contribution in [-0.4, -0.2) is 29.6 Å². The fraction of sp³-hybridized carbons (Fsp3) is 1.00. The molecule has 0 aromatic carbocycles. The molecule has 3 heteroatoms. The van der Waals surface area contributed by atoms with Crippen molar-refractivity contribution in [2.75, 3.05) is 6.54 Å². The van der Waals surface area contributed by atoms with Gasteiger partial charge in [-0.15, -0.1) is 0 Å². The fourth-order valence-corrected chi connectivity index (χ4v) is 10.4. The summed E-state index contributed by atoms with van der Waals surface area (Å²) in [5.74, 6) is 5.57. The van der Waals surface area contributed by atoms with Crippen molar-refractivity contribution in [3.8, 4) is 0 Å². The molecular weight excluding hydrogens is 370 g/mol. The molecule has 6 rings (SSSR count). The first-order chi connectivity index (χ1) is 14.3. The molecule has 30 heavy (non-hydrogen) atoms. The first kappa shape index (κ1) is 20.5. The molecular formula is C27H45NO2. The van der Waals surface area contributed by atoms with E-state index >= 15 is 0 Å². The lowest BCUT2D eigenvalue weighted by Gasteiger charge is -2.61. The van der Waals surface area contributed by atoms with Gasteiger partial charge in [-0.05, 0) is 111 Å². The number of rotatable bonds is 0. The van der Waals surface area contributed by atoms with E-state index in [4.69, 9.17) is 4.74 Å². The second-order valence-corrected chi connectivity index (χ2v) is 13.3. The number of hydrogen-bond acceptors (Lipinski definition) is 3. The Kier molecular flexibility index (Phi) is 4.58. The van der Waals surface area contributed by atoms with E-state index in [0.29, 0.717) is 22.9 Å². The lowest BCUT2D eigenvalue weighted by Crippen LogP contribution is -2.57. The molecule has 2 N–H and O–H groups in total. The molecule has 0 aromatic rings. The monoisotopic (exact) mass is 415 g/mol. The highest BCUT2D eigenvalue weighted by molar-refractivity contribution is 5.16. The number of piperidine rings is 1. The van der Waals surface area contributed by atoms with Crippen LogP contribution in [0.5, 0.6) is 0 Å². The standard InChI is InChI=1S/C27H45NO2/c1-16-7-12-27(28-15-16)17(2)24-23(30-27)14-22-20-6-5-18-13-19(29)8-10-25(18,3)21(20)9-11-26(22,24)4/h16-24,28-29H,5-15H2,1-4H3/t16-,17+,18+,19+,20-,21+,22+,23+,24?,25+,26+,27-/m1/s1. The first-order valence-corrected chi connectivity index (χ1v) is 13.4. The lowest BCUT2D eigenvalue weighted by molar-refractivity contribution is -0.140. The van der Waals surface area contributed by atoms with Gasteiger partial charge in [-0.1, -0.05) is 27.7 Å². The average molecular weight is 416 g/mol. The predicted molar refractivity (Wildman–Crippen MR) is 120 cm³/mol. The van der Waals surface area contributed by atoms with Gasteiger partial charge in [-0.2, -0.15) is 0 Å². The fourth-order valence-electron chi connectivity index (χ4n) is 10.4. The third kappa shape index (κ3) is 2.61. The molecule has 6 aliphatic rings. The highest BCUT2D eigenvalue weighted by Gasteiger charge is 2.68. The topological polar surface area (TPSA) is 41.5 Å². The third-order valence-electron chi connectivity index (χ3n) is 12.1. The smallest absolute Gasteiger partial charge is 0.122 e. The zero-order chi connectivity index (χ0) is 20.9. The van der Waals surface area contributed by atoms with Crippen LogP contribution in [0.15, 0.2) is 0 Å². The van der Waals surface area contributed by atoms with Crippen LogP contribution in [-0.2, 0) is 4.74 Å². The summed E-state index contributed by atoms with van der Waals surface area (Å²) >= 11 is 0. The molecule has 2 heterocycles. The summed E-state index contributed by atoms with van der Waals surface area (Å²) < 4.78 is 7.01. The van der Waals surface area contributed by atoms with Crippen LogP contribution >= 0.6 is 0 Å². The Labute approximate surface area is 184 Å². The maximum absolute atomic E-state index is 10.3. The molecule has 2 saturated heterocycles. The summed E-state index contributed by atoms with van der Waals surface area (Å²) in [4.78, 5) is 0. The van der Waals surface area contributed by atoms with Crippen molar-refractivity contribution in [1.82, 2.24) is 5.32 Å². The van der Waals surface area contributed by atoms with E-state index in [1.54, 1.807) is 0 Å². The van der Waals surface area contributed by atoms with Gasteiger partial charge >= 0.3 is 0 Å². The van der Waals surface area contributed by atoms with Crippen molar-refractivity contribution in [3.05, 3.63) is 0 Å². The van der Waals surface area contributed by atoms with Gasteiger partial charge in [-0.25, -0.2) is 0 Å². The van der Waals surface area contributed by atoms with Crippen molar-refractivity contribution >= 4 is 0 Å². The van der Waals surface area contributed by atoms with Gasteiger partial charge in [-0.3, -0.25) is 5.32 Å². The van der Waals surface area contributed by atoms with Crippen LogP contribution in [0.1, 0.15) is 91.9 Å². The second-order valence-electron chi connectivity index (χ2n) is 13.3. The SMILES string of the molecule is C[C@@H]1CC[C@@]2(NC1)O[C@H]1C[C@H]3[C@@H]4CC[C@H]5C[C@@H](O)CC[C@]5(C)[C@H]4CC[C@]3(C)C1[C@@H]2C. The van der Waals surface area contributed by atoms with E-state index in [0.717, 1.165) is 54.9 Å². The van der Waals surface area contributed by atoms with Gasteiger partial charge < -0.3 is 9.84 Å². The highest BCUT2D eigenvalue weighted by atomic mass is 16.5. The molecule has 4 saturated carbocycles. The van der Waals surface area contributed by atoms with E-state index in [-0.39, 0.29) is 11.8 Å². The Bertz CT molecular complexity index is 686. The molecule has 12 atom stereocenters. The minimum atomic E-state index is -0.0320. The van der Waals surface area contributed by atoms with Crippen molar-refractivity contribution in [1.29, 1.82) is 0 Å². The summed E-state index contributed by atoms with van der Waals surface area (Å²) in [6, 6.07) is 0. The highest BCUT2D eigenvalue weighted by Crippen LogP contribution is 2.71. The van der Waals surface area contributed by atoms with E-state index in [1.807, 2.05) is 0 Å². The van der Waals surface area contributed by atoms with Crippen LogP contribution < -0.4 is 5.32 Å². The van der Waals surface area contributed by atoms with E-state index in [2.05, 4.69) is 33.0 Å². The Morgan fingerprint density at radius 2 is 1.67 bits per heavy atom. The summed E-state index contributed by atoms with van der Waals surface area (Å²) in [7, 11) is 0. The number of ether oxygens (including phenoxy) is 1. The van der Waals surface area contributed by atoms with Gasteiger partial charge in [0, 0.05) is 12.5 Å². The number of nitrogens with one attached hydrogen (secondary N) is 1. The van der Waals surface area contributed by atoms with E-state index in [1.165, 1.54) is 51.4 Å². The Morgan fingerprint density at radius 1 is 0.867 bits per heavy atom. The van der Waals surface area contributed by atoms with Crippen molar-refractivity contribution < 1.29 is 9.84 Å². The Hall–Kier alpha value is -0.120. The maximum Gasteiger partial charge on any atom is 0.122 e. The molecule has 0 bridgehead atoms. The zero-order valence-corrected chi connectivity index (χ0v) is 19.8. The predicted octanol–water partition coefficient (Wildman–Crippen LogP) is 5.37. The molecule has 0 aromatic heterocycles. The van der Waals surface area contributed by atoms with Gasteiger partial charge in [0.05, 0.1) is 12.2 Å². The van der Waals surface area contributed by atoms with Crippen LogP contribution in [0.3, 0.4) is 0 Å². The molecule has 2 aliphatic heterocycles. The van der Waals surface area contributed by atoms with Gasteiger partial charge in [0.25, 0.3) is 0 Å². The average Bonchev–Trinajstić information content (AvgIpc) is 3.16. The van der Waals surface area contributed by atoms with Crippen LogP contribution in [0.2, 0.25) is 0 Å². The normalized spacial score (nSPS) is 62.5. The quantitative estimate of drug-likeness (QED) is 0.559. The van der Waals surface area contributed by atoms with Crippen molar-refractivity contribution in [2.45, 2.75) is 110 Å². The molecule has 4 aliphatic carbocycles. The maximum atomic E-state index is 10.3. The molecule has 6 fully saturated rings. The van der Waals surface area contributed by atoms with Gasteiger partial charge in [0.15, 0.2) is 0 Å². The Balaban J connectivity index is 1.26. The molecule has 1 spiro atoms. The summed E-state index contributed by atoms with van der Waals surface area (Å²) in [6.45, 7) is 11.3. The van der Waals surface area contributed by atoms with Crippen molar-refractivity contribution in [3.63, 3.8) is 0 Å². The molecule has 1 unspecified atom stereocenters. The summed E-state index contributed by atoms with van der Waals surface area (Å²) in [5, 5.41) is 14.2. The largest absolute Gasteiger partial charge is 0.393 e. The van der Waals surface area contributed by atoms with E-state index in [9.17, 15) is 5.11 Å². The zero-order valence-electron chi connectivity index (χ0n) is 19.8. The minimum absolute atomic E-state index is 0.0319. The lowest BCUT2D eigenvalue weighted by atomic mass is 9.44. The first-order valence-electron chi connectivity index (χ1n) is 13.4.